The van der Waals surface area contributed by atoms with Crippen molar-refractivity contribution in [3.8, 4) is 0 Å². The second kappa shape index (κ2) is 6.47. The average molecular weight is 278 g/mol. The fourth-order valence-electron chi connectivity index (χ4n) is 2.50. The number of carbonyl (C=O) groups excluding carboxylic acids is 1. The number of nitro groups is 1. The van der Waals surface area contributed by atoms with Crippen molar-refractivity contribution in [1.82, 2.24) is 4.90 Å². The minimum atomic E-state index is -0.453. The van der Waals surface area contributed by atoms with Crippen molar-refractivity contribution in [3.63, 3.8) is 0 Å². The number of non-ortho nitro benzene ring substituents is 1. The van der Waals surface area contributed by atoms with Crippen molar-refractivity contribution in [2.24, 2.45) is 5.92 Å². The summed E-state index contributed by atoms with van der Waals surface area (Å²) in [5.74, 6) is 0.431. The summed E-state index contributed by atoms with van der Waals surface area (Å²) in [5.41, 5.74) is 0.816. The Morgan fingerprint density at radius 1 is 1.40 bits per heavy atom. The quantitative estimate of drug-likeness (QED) is 0.651. The first kappa shape index (κ1) is 14.5. The van der Waals surface area contributed by atoms with Gasteiger partial charge in [0.1, 0.15) is 0 Å². The number of aliphatic hydroxyl groups is 1. The zero-order valence-corrected chi connectivity index (χ0v) is 11.2. The minimum Gasteiger partial charge on any atom is -0.396 e. The molecule has 20 heavy (non-hydrogen) atoms. The maximum Gasteiger partial charge on any atom is 0.269 e. The molecule has 1 atom stereocenters. The predicted molar refractivity (Wildman–Crippen MR) is 73.2 cm³/mol. The smallest absolute Gasteiger partial charge is 0.269 e. The summed E-state index contributed by atoms with van der Waals surface area (Å²) in [7, 11) is 0. The van der Waals surface area contributed by atoms with E-state index in [-0.39, 0.29) is 24.6 Å². The third-order valence-corrected chi connectivity index (χ3v) is 3.68. The van der Waals surface area contributed by atoms with E-state index in [4.69, 9.17) is 5.11 Å². The predicted octanol–water partition coefficient (Wildman–Crippen LogP) is 1.37. The van der Waals surface area contributed by atoms with E-state index < -0.39 is 4.92 Å². The van der Waals surface area contributed by atoms with Gasteiger partial charge in [0, 0.05) is 31.8 Å². The van der Waals surface area contributed by atoms with E-state index in [2.05, 4.69) is 0 Å². The highest BCUT2D eigenvalue weighted by Gasteiger charge is 2.25. The van der Waals surface area contributed by atoms with Crippen LogP contribution in [0.15, 0.2) is 24.3 Å². The number of benzene rings is 1. The van der Waals surface area contributed by atoms with Crippen LogP contribution in [0.3, 0.4) is 0 Å². The van der Waals surface area contributed by atoms with Crippen molar-refractivity contribution >= 4 is 11.6 Å². The molecule has 1 amide bonds. The summed E-state index contributed by atoms with van der Waals surface area (Å²) >= 11 is 0. The number of hydrogen-bond donors (Lipinski definition) is 1. The molecular weight excluding hydrogens is 260 g/mol. The molecular formula is C14H18N2O4. The number of aliphatic hydroxyl groups excluding tert-OH is 1. The maximum absolute atomic E-state index is 12.1. The van der Waals surface area contributed by atoms with E-state index in [1.165, 1.54) is 12.1 Å². The van der Waals surface area contributed by atoms with E-state index in [0.29, 0.717) is 12.5 Å². The van der Waals surface area contributed by atoms with Crippen molar-refractivity contribution < 1.29 is 14.8 Å². The van der Waals surface area contributed by atoms with Gasteiger partial charge in [0.05, 0.1) is 11.3 Å². The second-order valence-electron chi connectivity index (χ2n) is 5.11. The molecule has 1 aliphatic heterocycles. The summed E-state index contributed by atoms with van der Waals surface area (Å²) in [4.78, 5) is 24.0. The van der Waals surface area contributed by atoms with Crippen molar-refractivity contribution in [1.29, 1.82) is 0 Å². The summed E-state index contributed by atoms with van der Waals surface area (Å²) in [5, 5.41) is 19.5. The Morgan fingerprint density at radius 3 is 2.70 bits per heavy atom. The first-order valence-electron chi connectivity index (χ1n) is 6.72. The van der Waals surface area contributed by atoms with Crippen LogP contribution in [0.25, 0.3) is 0 Å². The first-order valence-corrected chi connectivity index (χ1v) is 6.72. The molecule has 1 N–H and O–H groups in total. The Balaban J connectivity index is 1.90. The van der Waals surface area contributed by atoms with E-state index in [1.807, 2.05) is 4.90 Å². The molecule has 1 heterocycles. The SMILES string of the molecule is O=C(Cc1ccc([N+](=O)[O-])cc1)N1CCC(CCO)C1. The topological polar surface area (TPSA) is 83.7 Å². The molecule has 1 fully saturated rings. The molecule has 2 rings (SSSR count). The number of nitrogens with zero attached hydrogens (tertiary/aromatic N) is 2. The summed E-state index contributed by atoms with van der Waals surface area (Å²) in [6.07, 6.45) is 1.94. The van der Waals surface area contributed by atoms with Crippen LogP contribution in [0, 0.1) is 16.0 Å². The normalized spacial score (nSPS) is 18.2. The van der Waals surface area contributed by atoms with Gasteiger partial charge in [0.25, 0.3) is 5.69 Å². The number of carbonyl (C=O) groups is 1. The van der Waals surface area contributed by atoms with Gasteiger partial charge in [-0.05, 0) is 24.3 Å². The van der Waals surface area contributed by atoms with Gasteiger partial charge in [0.2, 0.25) is 5.91 Å². The molecule has 0 aromatic heterocycles. The second-order valence-corrected chi connectivity index (χ2v) is 5.11. The van der Waals surface area contributed by atoms with Crippen LogP contribution in [0.1, 0.15) is 18.4 Å². The van der Waals surface area contributed by atoms with Gasteiger partial charge in [-0.3, -0.25) is 14.9 Å². The van der Waals surface area contributed by atoms with E-state index in [9.17, 15) is 14.9 Å². The highest BCUT2D eigenvalue weighted by Crippen LogP contribution is 2.20. The van der Waals surface area contributed by atoms with Crippen LogP contribution in [0.2, 0.25) is 0 Å². The molecule has 1 aromatic rings. The third kappa shape index (κ3) is 3.54. The Bertz CT molecular complexity index is 486. The van der Waals surface area contributed by atoms with Gasteiger partial charge < -0.3 is 10.0 Å². The minimum absolute atomic E-state index is 0.0328. The Labute approximate surface area is 117 Å². The number of likely N-dealkylation sites (tertiary alicyclic amines) is 1. The van der Waals surface area contributed by atoms with Crippen LogP contribution >= 0.6 is 0 Å². The van der Waals surface area contributed by atoms with Crippen molar-refractivity contribution in [2.75, 3.05) is 19.7 Å². The highest BCUT2D eigenvalue weighted by molar-refractivity contribution is 5.79. The Hall–Kier alpha value is -1.95. The van der Waals surface area contributed by atoms with Crippen molar-refractivity contribution in [2.45, 2.75) is 19.3 Å². The number of hydrogen-bond acceptors (Lipinski definition) is 4. The molecule has 1 aromatic carbocycles. The molecule has 1 saturated heterocycles. The van der Waals surface area contributed by atoms with Crippen LogP contribution in [0.5, 0.6) is 0 Å². The summed E-state index contributed by atoms with van der Waals surface area (Å²) in [6, 6.07) is 6.08. The highest BCUT2D eigenvalue weighted by atomic mass is 16.6. The molecule has 6 nitrogen and oxygen atoms in total. The number of nitro benzene ring substituents is 1. The molecule has 0 spiro atoms. The fourth-order valence-corrected chi connectivity index (χ4v) is 2.50. The lowest BCUT2D eigenvalue weighted by Crippen LogP contribution is -2.30. The monoisotopic (exact) mass is 278 g/mol. The molecule has 0 bridgehead atoms. The fraction of sp³-hybridized carbons (Fsp3) is 0.500. The standard InChI is InChI=1S/C14H18N2O4/c17-8-6-12-5-7-15(10-12)14(18)9-11-1-3-13(4-2-11)16(19)20/h1-4,12,17H,5-10H2. The lowest BCUT2D eigenvalue weighted by Gasteiger charge is -2.16. The van der Waals surface area contributed by atoms with Gasteiger partial charge >= 0.3 is 0 Å². The maximum atomic E-state index is 12.1. The lowest BCUT2D eigenvalue weighted by atomic mass is 10.1. The molecule has 108 valence electrons. The van der Waals surface area contributed by atoms with Gasteiger partial charge in [-0.1, -0.05) is 12.1 Å². The van der Waals surface area contributed by atoms with Gasteiger partial charge in [0.15, 0.2) is 0 Å². The van der Waals surface area contributed by atoms with Crippen LogP contribution in [0.4, 0.5) is 5.69 Å². The summed E-state index contributed by atoms with van der Waals surface area (Å²) in [6.45, 7) is 1.60. The van der Waals surface area contributed by atoms with Crippen LogP contribution in [-0.2, 0) is 11.2 Å². The zero-order chi connectivity index (χ0) is 14.5. The Morgan fingerprint density at radius 2 is 2.10 bits per heavy atom. The first-order chi connectivity index (χ1) is 9.60. The molecule has 1 unspecified atom stereocenters. The number of amides is 1. The van der Waals surface area contributed by atoms with E-state index in [1.54, 1.807) is 12.1 Å². The number of rotatable bonds is 5. The molecule has 0 aliphatic carbocycles. The van der Waals surface area contributed by atoms with Crippen LogP contribution < -0.4 is 0 Å². The van der Waals surface area contributed by atoms with Gasteiger partial charge in [-0.2, -0.15) is 0 Å². The van der Waals surface area contributed by atoms with Gasteiger partial charge in [-0.25, -0.2) is 0 Å². The molecule has 0 saturated carbocycles. The van der Waals surface area contributed by atoms with Crippen LogP contribution in [-0.4, -0.2) is 40.5 Å². The van der Waals surface area contributed by atoms with E-state index in [0.717, 1.165) is 24.9 Å². The average Bonchev–Trinajstić information content (AvgIpc) is 2.88. The molecule has 6 heteroatoms. The van der Waals surface area contributed by atoms with E-state index >= 15 is 0 Å². The lowest BCUT2D eigenvalue weighted by molar-refractivity contribution is -0.384. The Kier molecular flexibility index (Phi) is 4.68. The third-order valence-electron chi connectivity index (χ3n) is 3.68. The van der Waals surface area contributed by atoms with Gasteiger partial charge in [-0.15, -0.1) is 0 Å². The zero-order valence-electron chi connectivity index (χ0n) is 11.2. The largest absolute Gasteiger partial charge is 0.396 e. The molecule has 0 radical (unpaired) electrons. The molecule has 1 aliphatic rings. The van der Waals surface area contributed by atoms with Crippen molar-refractivity contribution in [3.05, 3.63) is 39.9 Å². The summed E-state index contributed by atoms with van der Waals surface area (Å²) < 4.78 is 0.